The molecular weight excluding hydrogens is 416 g/mol. The van der Waals surface area contributed by atoms with Gasteiger partial charge < -0.3 is 10.1 Å². The van der Waals surface area contributed by atoms with Crippen LogP contribution in [0.3, 0.4) is 0 Å². The van der Waals surface area contributed by atoms with Crippen LogP contribution in [-0.2, 0) is 9.53 Å². The first-order chi connectivity index (χ1) is 15.7. The maximum Gasteiger partial charge on any atom is 0.411 e. The third kappa shape index (κ3) is 5.08. The van der Waals surface area contributed by atoms with Gasteiger partial charge in [0.05, 0.1) is 5.69 Å². The zero-order valence-corrected chi connectivity index (χ0v) is 19.5. The highest BCUT2D eigenvalue weighted by Crippen LogP contribution is 2.31. The summed E-state index contributed by atoms with van der Waals surface area (Å²) < 4.78 is 7.32. The normalized spacial score (nSPS) is 18.2. The Morgan fingerprint density at radius 3 is 2.27 bits per heavy atom. The van der Waals surface area contributed by atoms with Gasteiger partial charge in [0.25, 0.3) is 0 Å². The van der Waals surface area contributed by atoms with Crippen molar-refractivity contribution in [3.8, 4) is 16.8 Å². The lowest BCUT2D eigenvalue weighted by molar-refractivity contribution is -0.120. The number of nitrogens with one attached hydrogen (secondary N) is 1. The second kappa shape index (κ2) is 9.10. The molecule has 3 aromatic rings. The number of rotatable bonds is 4. The highest BCUT2D eigenvalue weighted by Gasteiger charge is 2.41. The molecule has 1 N–H and O–H groups in total. The molecule has 4 rings (SSSR count). The molecule has 1 aliphatic heterocycles. The van der Waals surface area contributed by atoms with Crippen LogP contribution in [0.2, 0.25) is 0 Å². The van der Waals surface area contributed by atoms with Gasteiger partial charge in [0.1, 0.15) is 11.6 Å². The molecular formula is C26H30N4O3. The van der Waals surface area contributed by atoms with E-state index in [9.17, 15) is 9.59 Å². The minimum atomic E-state index is -0.630. The molecule has 1 aromatic heterocycles. The predicted octanol–water partition coefficient (Wildman–Crippen LogP) is 5.27. The lowest BCUT2D eigenvalue weighted by atomic mass is 10.1. The molecule has 2 aromatic carbocycles. The summed E-state index contributed by atoms with van der Waals surface area (Å²) in [5.41, 5.74) is 2.01. The molecule has 2 atom stereocenters. The minimum absolute atomic E-state index is 0.0777. The van der Waals surface area contributed by atoms with Crippen molar-refractivity contribution in [3.05, 3.63) is 66.9 Å². The summed E-state index contributed by atoms with van der Waals surface area (Å²) in [5.74, 6) is 0.194. The van der Waals surface area contributed by atoms with Crippen molar-refractivity contribution in [2.24, 2.45) is 0 Å². The van der Waals surface area contributed by atoms with E-state index in [2.05, 4.69) is 10.4 Å². The van der Waals surface area contributed by atoms with E-state index in [0.717, 1.165) is 23.2 Å². The quantitative estimate of drug-likeness (QED) is 0.593. The van der Waals surface area contributed by atoms with Gasteiger partial charge in [-0.05, 0) is 58.2 Å². The van der Waals surface area contributed by atoms with Gasteiger partial charge in [-0.25, -0.2) is 9.48 Å². The zero-order chi connectivity index (χ0) is 23.6. The summed E-state index contributed by atoms with van der Waals surface area (Å²) in [6.07, 6.45) is 2.75. The lowest BCUT2D eigenvalue weighted by Gasteiger charge is -2.30. The van der Waals surface area contributed by atoms with E-state index >= 15 is 0 Å². The van der Waals surface area contributed by atoms with Crippen molar-refractivity contribution in [1.82, 2.24) is 14.7 Å². The highest BCUT2D eigenvalue weighted by molar-refractivity contribution is 5.99. The van der Waals surface area contributed by atoms with Crippen LogP contribution in [0.5, 0.6) is 0 Å². The van der Waals surface area contributed by atoms with E-state index in [1.165, 1.54) is 0 Å². The molecule has 7 heteroatoms. The first-order valence-corrected chi connectivity index (χ1v) is 11.3. The van der Waals surface area contributed by atoms with Crippen LogP contribution in [-0.4, -0.2) is 44.4 Å². The Hall–Kier alpha value is -3.61. The molecule has 2 amide bonds. The van der Waals surface area contributed by atoms with Crippen molar-refractivity contribution in [2.45, 2.75) is 58.2 Å². The average Bonchev–Trinajstić information content (AvgIpc) is 3.37. The number of benzene rings is 2. The molecule has 0 radical (unpaired) electrons. The molecule has 0 spiro atoms. The number of aromatic nitrogens is 2. The van der Waals surface area contributed by atoms with E-state index in [1.54, 1.807) is 9.58 Å². The van der Waals surface area contributed by atoms with E-state index < -0.39 is 17.7 Å². The number of para-hydroxylation sites is 1. The van der Waals surface area contributed by atoms with Crippen molar-refractivity contribution in [3.63, 3.8) is 0 Å². The molecule has 1 saturated heterocycles. The zero-order valence-electron chi connectivity index (χ0n) is 19.5. The van der Waals surface area contributed by atoms with Gasteiger partial charge >= 0.3 is 6.09 Å². The highest BCUT2D eigenvalue weighted by atomic mass is 16.6. The maximum absolute atomic E-state index is 13.4. The molecule has 33 heavy (non-hydrogen) atoms. The standard InChI is InChI=1S/C26H30N4O3/c1-18-15-16-22(30(18)25(32)33-26(2,3)4)24(31)27-23-21(19-11-7-5-8-12-19)17-29(28-23)20-13-9-6-10-14-20/h5-14,17-18,22H,15-16H2,1-4H3,(H,27,28,31)/t18-,22+/m0/s1. The molecule has 0 aliphatic carbocycles. The first kappa shape index (κ1) is 22.6. The van der Waals surface area contributed by atoms with Gasteiger partial charge in [0.15, 0.2) is 5.82 Å². The SMILES string of the molecule is C[C@H]1CC[C@H](C(=O)Nc2nn(-c3ccccc3)cc2-c2ccccc2)N1C(=O)OC(C)(C)C. The van der Waals surface area contributed by atoms with E-state index in [-0.39, 0.29) is 11.9 Å². The molecule has 1 fully saturated rings. The number of likely N-dealkylation sites (tertiary alicyclic amines) is 1. The van der Waals surface area contributed by atoms with Crippen molar-refractivity contribution in [2.75, 3.05) is 5.32 Å². The van der Waals surface area contributed by atoms with Crippen LogP contribution in [0.25, 0.3) is 16.8 Å². The summed E-state index contributed by atoms with van der Waals surface area (Å²) in [7, 11) is 0. The summed E-state index contributed by atoms with van der Waals surface area (Å²) in [6, 6.07) is 18.8. The van der Waals surface area contributed by atoms with Crippen LogP contribution >= 0.6 is 0 Å². The van der Waals surface area contributed by atoms with Crippen molar-refractivity contribution in [1.29, 1.82) is 0 Å². The molecule has 0 bridgehead atoms. The van der Waals surface area contributed by atoms with Crippen LogP contribution in [0.15, 0.2) is 66.9 Å². The second-order valence-corrected chi connectivity index (χ2v) is 9.36. The van der Waals surface area contributed by atoms with Crippen LogP contribution in [0.1, 0.15) is 40.5 Å². The Bertz CT molecular complexity index is 1120. The molecule has 172 valence electrons. The van der Waals surface area contributed by atoms with Crippen LogP contribution < -0.4 is 5.32 Å². The third-order valence-corrected chi connectivity index (χ3v) is 5.64. The van der Waals surface area contributed by atoms with Gasteiger partial charge in [0.2, 0.25) is 5.91 Å². The number of anilines is 1. The van der Waals surface area contributed by atoms with E-state index in [1.807, 2.05) is 94.6 Å². The summed E-state index contributed by atoms with van der Waals surface area (Å²) >= 11 is 0. The Balaban J connectivity index is 1.63. The molecule has 0 saturated carbocycles. The summed E-state index contributed by atoms with van der Waals surface area (Å²) in [6.45, 7) is 7.41. The lowest BCUT2D eigenvalue weighted by Crippen LogP contribution is -2.48. The molecule has 1 aliphatic rings. The van der Waals surface area contributed by atoms with Crippen LogP contribution in [0.4, 0.5) is 10.6 Å². The number of carbonyl (C=O) groups is 2. The Kier molecular flexibility index (Phi) is 6.22. The summed E-state index contributed by atoms with van der Waals surface area (Å²) in [4.78, 5) is 27.7. The Morgan fingerprint density at radius 1 is 1.00 bits per heavy atom. The number of nitrogens with zero attached hydrogens (tertiary/aromatic N) is 3. The van der Waals surface area contributed by atoms with Gasteiger partial charge in [0, 0.05) is 17.8 Å². The fraction of sp³-hybridized carbons (Fsp3) is 0.346. The summed E-state index contributed by atoms with van der Waals surface area (Å²) in [5, 5.41) is 7.66. The van der Waals surface area contributed by atoms with Crippen LogP contribution in [0, 0.1) is 0 Å². The number of ether oxygens (including phenoxy) is 1. The number of carbonyl (C=O) groups excluding carboxylic acids is 2. The monoisotopic (exact) mass is 446 g/mol. The van der Waals surface area contributed by atoms with Crippen molar-refractivity contribution < 1.29 is 14.3 Å². The second-order valence-electron chi connectivity index (χ2n) is 9.36. The third-order valence-electron chi connectivity index (χ3n) is 5.64. The van der Waals surface area contributed by atoms with Gasteiger partial charge in [-0.15, -0.1) is 5.10 Å². The molecule has 7 nitrogen and oxygen atoms in total. The minimum Gasteiger partial charge on any atom is -0.444 e. The van der Waals surface area contributed by atoms with Gasteiger partial charge in [-0.3, -0.25) is 9.69 Å². The number of amides is 2. The Labute approximate surface area is 194 Å². The number of hydrogen-bond donors (Lipinski definition) is 1. The number of hydrogen-bond acceptors (Lipinski definition) is 4. The smallest absolute Gasteiger partial charge is 0.411 e. The molecule has 0 unspecified atom stereocenters. The molecule has 2 heterocycles. The largest absolute Gasteiger partial charge is 0.444 e. The average molecular weight is 447 g/mol. The fourth-order valence-corrected chi connectivity index (χ4v) is 4.07. The van der Waals surface area contributed by atoms with Gasteiger partial charge in [-0.2, -0.15) is 0 Å². The topological polar surface area (TPSA) is 76.5 Å². The van der Waals surface area contributed by atoms with E-state index in [4.69, 9.17) is 4.74 Å². The van der Waals surface area contributed by atoms with Gasteiger partial charge in [-0.1, -0.05) is 48.5 Å². The van der Waals surface area contributed by atoms with Crippen molar-refractivity contribution >= 4 is 17.8 Å². The maximum atomic E-state index is 13.4. The first-order valence-electron chi connectivity index (χ1n) is 11.3. The predicted molar refractivity (Wildman–Crippen MR) is 128 cm³/mol. The Morgan fingerprint density at radius 2 is 1.64 bits per heavy atom. The van der Waals surface area contributed by atoms with E-state index in [0.29, 0.717) is 12.2 Å². The fourth-order valence-electron chi connectivity index (χ4n) is 4.07.